The van der Waals surface area contributed by atoms with E-state index >= 15 is 0 Å². The highest BCUT2D eigenvalue weighted by Crippen LogP contribution is 2.30. The molecule has 0 radical (unpaired) electrons. The number of rotatable bonds is 9. The summed E-state index contributed by atoms with van der Waals surface area (Å²) in [6.45, 7) is 1.01. The quantitative estimate of drug-likeness (QED) is 0.560. The van der Waals surface area contributed by atoms with Gasteiger partial charge >= 0.3 is 0 Å². The van der Waals surface area contributed by atoms with E-state index in [-0.39, 0.29) is 26.5 Å². The van der Waals surface area contributed by atoms with E-state index in [4.69, 9.17) is 27.9 Å². The molecule has 1 amide bonds. The van der Waals surface area contributed by atoms with Crippen molar-refractivity contribution in [2.45, 2.75) is 68.4 Å². The lowest BCUT2D eigenvalue weighted by molar-refractivity contribution is 0.0273. The lowest BCUT2D eigenvalue weighted by atomic mass is 9.98. The maximum Gasteiger partial charge on any atom is 0.252 e. The van der Waals surface area contributed by atoms with Gasteiger partial charge in [0.15, 0.2) is 0 Å². The van der Waals surface area contributed by atoms with Gasteiger partial charge in [-0.3, -0.25) is 4.79 Å². The van der Waals surface area contributed by atoms with Crippen molar-refractivity contribution in [1.82, 2.24) is 10.0 Å². The van der Waals surface area contributed by atoms with Crippen molar-refractivity contribution in [1.29, 1.82) is 0 Å². The second-order valence-corrected chi connectivity index (χ2v) is 9.90. The van der Waals surface area contributed by atoms with Gasteiger partial charge in [-0.05, 0) is 44.2 Å². The predicted octanol–water partition coefficient (Wildman–Crippen LogP) is 3.90. The summed E-state index contributed by atoms with van der Waals surface area (Å²) >= 11 is 12.2. The first-order valence-electron chi connectivity index (χ1n) is 9.78. The molecule has 3 rings (SSSR count). The van der Waals surface area contributed by atoms with Gasteiger partial charge in [0.2, 0.25) is 10.0 Å². The first kappa shape index (κ1) is 21.8. The number of benzene rings is 1. The van der Waals surface area contributed by atoms with E-state index < -0.39 is 15.9 Å². The molecule has 2 saturated carbocycles. The summed E-state index contributed by atoms with van der Waals surface area (Å²) in [4.78, 5) is 12.3. The van der Waals surface area contributed by atoms with Crippen LogP contribution in [-0.4, -0.2) is 39.6 Å². The highest BCUT2D eigenvalue weighted by atomic mass is 35.5. The number of halogens is 2. The van der Waals surface area contributed by atoms with Gasteiger partial charge in [0.05, 0.1) is 21.7 Å². The Labute approximate surface area is 176 Å². The summed E-state index contributed by atoms with van der Waals surface area (Å²) in [6.07, 6.45) is 8.57. The van der Waals surface area contributed by atoms with Crippen LogP contribution in [0.3, 0.4) is 0 Å². The van der Waals surface area contributed by atoms with Crippen molar-refractivity contribution in [3.05, 3.63) is 27.7 Å². The minimum absolute atomic E-state index is 0.00409. The Morgan fingerprint density at radius 2 is 1.79 bits per heavy atom. The molecule has 0 unspecified atom stereocenters. The molecule has 0 heterocycles. The number of ether oxygens (including phenoxy) is 1. The minimum atomic E-state index is -3.78. The maximum absolute atomic E-state index is 12.5. The van der Waals surface area contributed by atoms with Crippen LogP contribution in [0.2, 0.25) is 10.0 Å². The molecule has 9 heteroatoms. The van der Waals surface area contributed by atoms with Gasteiger partial charge in [-0.25, -0.2) is 13.1 Å². The molecule has 1 aromatic carbocycles. The van der Waals surface area contributed by atoms with Crippen LogP contribution in [0.4, 0.5) is 0 Å². The second-order valence-electron chi connectivity index (χ2n) is 7.40. The van der Waals surface area contributed by atoms with E-state index in [9.17, 15) is 13.2 Å². The Morgan fingerprint density at radius 1 is 1.07 bits per heavy atom. The number of carbonyl (C=O) groups is 1. The predicted molar refractivity (Wildman–Crippen MR) is 110 cm³/mol. The third-order valence-corrected chi connectivity index (χ3v) is 7.27. The molecule has 2 aliphatic rings. The average Bonchev–Trinajstić information content (AvgIpc) is 3.45. The van der Waals surface area contributed by atoms with Crippen LogP contribution in [0.5, 0.6) is 0 Å². The van der Waals surface area contributed by atoms with Crippen LogP contribution < -0.4 is 10.0 Å². The standard InChI is InChI=1S/C19H26Cl2N2O4S/c20-16-12-17(21)18(28(25,26)23-13-7-8-13)11-15(16)19(24)22-9-4-10-27-14-5-2-1-3-6-14/h11-14,23H,1-10H2,(H,22,24). The van der Waals surface area contributed by atoms with E-state index in [0.29, 0.717) is 25.7 Å². The van der Waals surface area contributed by atoms with Crippen LogP contribution in [-0.2, 0) is 14.8 Å². The third kappa shape index (κ3) is 6.07. The Kier molecular flexibility index (Phi) is 7.61. The first-order valence-corrected chi connectivity index (χ1v) is 12.0. The molecule has 0 bridgehead atoms. The topological polar surface area (TPSA) is 84.5 Å². The van der Waals surface area contributed by atoms with Crippen LogP contribution in [0, 0.1) is 0 Å². The number of hydrogen-bond donors (Lipinski definition) is 2. The highest BCUT2D eigenvalue weighted by Gasteiger charge is 2.30. The van der Waals surface area contributed by atoms with Gasteiger partial charge < -0.3 is 10.1 Å². The smallest absolute Gasteiger partial charge is 0.252 e. The zero-order chi connectivity index (χ0) is 20.1. The zero-order valence-corrected chi connectivity index (χ0v) is 18.0. The lowest BCUT2D eigenvalue weighted by Gasteiger charge is -2.21. The Morgan fingerprint density at radius 3 is 2.46 bits per heavy atom. The molecule has 0 atom stereocenters. The summed E-state index contributed by atoms with van der Waals surface area (Å²) in [7, 11) is -3.78. The first-order chi connectivity index (χ1) is 13.4. The number of nitrogens with one attached hydrogen (secondary N) is 2. The molecule has 6 nitrogen and oxygen atoms in total. The van der Waals surface area contributed by atoms with Crippen LogP contribution in [0.1, 0.15) is 61.7 Å². The summed E-state index contributed by atoms with van der Waals surface area (Å²) in [5.74, 6) is -0.429. The second kappa shape index (κ2) is 9.76. The largest absolute Gasteiger partial charge is 0.378 e. The molecular weight excluding hydrogens is 423 g/mol. The maximum atomic E-state index is 12.5. The molecule has 0 aliphatic heterocycles. The highest BCUT2D eigenvalue weighted by molar-refractivity contribution is 7.89. The normalized spacial score (nSPS) is 18.2. The third-order valence-electron chi connectivity index (χ3n) is 4.97. The van der Waals surface area contributed by atoms with Crippen molar-refractivity contribution in [2.24, 2.45) is 0 Å². The van der Waals surface area contributed by atoms with Crippen LogP contribution in [0.15, 0.2) is 17.0 Å². The average molecular weight is 449 g/mol. The fourth-order valence-electron chi connectivity index (χ4n) is 3.24. The number of sulfonamides is 1. The fourth-order valence-corrected chi connectivity index (χ4v) is 5.41. The van der Waals surface area contributed by atoms with E-state index in [1.54, 1.807) is 0 Å². The summed E-state index contributed by atoms with van der Waals surface area (Å²) in [6, 6.07) is 2.48. The van der Waals surface area contributed by atoms with Gasteiger partial charge in [-0.15, -0.1) is 0 Å². The molecule has 0 aromatic heterocycles. The van der Waals surface area contributed by atoms with E-state index in [2.05, 4.69) is 10.0 Å². The molecule has 1 aromatic rings. The van der Waals surface area contributed by atoms with Crippen molar-refractivity contribution in [3.8, 4) is 0 Å². The van der Waals surface area contributed by atoms with Crippen molar-refractivity contribution < 1.29 is 17.9 Å². The van der Waals surface area contributed by atoms with E-state index in [1.165, 1.54) is 31.4 Å². The summed E-state index contributed by atoms with van der Waals surface area (Å²) in [5.41, 5.74) is 0.0930. The molecule has 2 N–H and O–H groups in total. The summed E-state index contributed by atoms with van der Waals surface area (Å²) in [5, 5.41) is 2.88. The number of amides is 1. The van der Waals surface area contributed by atoms with Crippen LogP contribution in [0.25, 0.3) is 0 Å². The van der Waals surface area contributed by atoms with Crippen molar-refractivity contribution in [2.75, 3.05) is 13.2 Å². The minimum Gasteiger partial charge on any atom is -0.378 e. The molecule has 0 spiro atoms. The van der Waals surface area contributed by atoms with Crippen LogP contribution >= 0.6 is 23.2 Å². The van der Waals surface area contributed by atoms with Crippen molar-refractivity contribution >= 4 is 39.1 Å². The molecule has 28 heavy (non-hydrogen) atoms. The van der Waals surface area contributed by atoms with Gasteiger partial charge in [-0.1, -0.05) is 42.5 Å². The van der Waals surface area contributed by atoms with E-state index in [1.807, 2.05) is 0 Å². The zero-order valence-electron chi connectivity index (χ0n) is 15.7. The Balaban J connectivity index is 1.54. The van der Waals surface area contributed by atoms with Gasteiger partial charge in [0.25, 0.3) is 5.91 Å². The monoisotopic (exact) mass is 448 g/mol. The summed E-state index contributed by atoms with van der Waals surface area (Å²) < 4.78 is 33.3. The SMILES string of the molecule is O=C(NCCCOC1CCCCC1)c1cc(S(=O)(=O)NC2CC2)c(Cl)cc1Cl. The fraction of sp³-hybridized carbons (Fsp3) is 0.632. The number of hydrogen-bond acceptors (Lipinski definition) is 4. The molecule has 0 saturated heterocycles. The van der Waals surface area contributed by atoms with Gasteiger partial charge in [0.1, 0.15) is 4.90 Å². The molecule has 156 valence electrons. The molecular formula is C19H26Cl2N2O4S. The van der Waals surface area contributed by atoms with Gasteiger partial charge in [0, 0.05) is 19.2 Å². The van der Waals surface area contributed by atoms with Gasteiger partial charge in [-0.2, -0.15) is 0 Å². The van der Waals surface area contributed by atoms with E-state index in [0.717, 1.165) is 25.7 Å². The number of carbonyl (C=O) groups excluding carboxylic acids is 1. The molecule has 2 fully saturated rings. The Hall–Kier alpha value is -0.860. The lowest BCUT2D eigenvalue weighted by Crippen LogP contribution is -2.28. The van der Waals surface area contributed by atoms with Crippen molar-refractivity contribution in [3.63, 3.8) is 0 Å². The Bertz CT molecular complexity index is 806. The molecule has 2 aliphatic carbocycles.